The quantitative estimate of drug-likeness (QED) is 0.837. The number of carbonyl (C=O) groups is 2. The predicted molar refractivity (Wildman–Crippen MR) is 93.8 cm³/mol. The van der Waals surface area contributed by atoms with E-state index in [4.69, 9.17) is 5.26 Å². The topological polar surface area (TPSA) is 111 Å². The van der Waals surface area contributed by atoms with E-state index < -0.39 is 29.6 Å². The summed E-state index contributed by atoms with van der Waals surface area (Å²) >= 11 is 0. The molecular formula is C18H16F2N6O2. The standard InChI is InChI=1S/C18H16F2N6O2/c1-9-17(22-6-11(5-21)23-9)10(2)24-15(27)8-26-7-12-14(25-18(26)28)4-3-13(19)16(12)20/h3-4,6,10H,7-8H2,1-2H3,(H,24,27)(H,25,28). The molecule has 0 saturated heterocycles. The molecule has 10 heteroatoms. The Bertz CT molecular complexity index is 1000. The fourth-order valence-corrected chi connectivity index (χ4v) is 2.95. The molecule has 0 fully saturated rings. The minimum Gasteiger partial charge on any atom is -0.346 e. The van der Waals surface area contributed by atoms with Crippen LogP contribution in [0.5, 0.6) is 0 Å². The molecule has 1 unspecified atom stereocenters. The Morgan fingerprint density at radius 2 is 2.21 bits per heavy atom. The molecule has 2 aromatic rings. The molecule has 3 amide bonds. The van der Waals surface area contributed by atoms with E-state index in [1.54, 1.807) is 13.8 Å². The van der Waals surface area contributed by atoms with Gasteiger partial charge in [-0.25, -0.2) is 18.6 Å². The lowest BCUT2D eigenvalue weighted by molar-refractivity contribution is -0.122. The van der Waals surface area contributed by atoms with Crippen LogP contribution in [0.1, 0.15) is 35.6 Å². The Labute approximate surface area is 159 Å². The summed E-state index contributed by atoms with van der Waals surface area (Å²) in [7, 11) is 0. The highest BCUT2D eigenvalue weighted by Gasteiger charge is 2.28. The van der Waals surface area contributed by atoms with Gasteiger partial charge in [-0.3, -0.25) is 9.78 Å². The first-order valence-electron chi connectivity index (χ1n) is 8.36. The van der Waals surface area contributed by atoms with Gasteiger partial charge in [0.05, 0.1) is 35.9 Å². The second-order valence-electron chi connectivity index (χ2n) is 6.30. The molecule has 0 bridgehead atoms. The molecule has 0 spiro atoms. The lowest BCUT2D eigenvalue weighted by atomic mass is 10.1. The maximum atomic E-state index is 14.0. The number of urea groups is 1. The van der Waals surface area contributed by atoms with E-state index in [9.17, 15) is 18.4 Å². The molecule has 0 radical (unpaired) electrons. The van der Waals surface area contributed by atoms with Gasteiger partial charge >= 0.3 is 6.03 Å². The molecule has 0 saturated carbocycles. The second-order valence-corrected chi connectivity index (χ2v) is 6.30. The van der Waals surface area contributed by atoms with Crippen LogP contribution in [0.2, 0.25) is 0 Å². The highest BCUT2D eigenvalue weighted by Crippen LogP contribution is 2.27. The Morgan fingerprint density at radius 1 is 1.46 bits per heavy atom. The van der Waals surface area contributed by atoms with Crippen molar-refractivity contribution in [3.05, 3.63) is 52.6 Å². The number of carbonyl (C=O) groups excluding carboxylic acids is 2. The maximum Gasteiger partial charge on any atom is 0.322 e. The van der Waals surface area contributed by atoms with Gasteiger partial charge in [-0.1, -0.05) is 0 Å². The van der Waals surface area contributed by atoms with Crippen molar-refractivity contribution in [3.8, 4) is 6.07 Å². The number of nitrogens with zero attached hydrogens (tertiary/aromatic N) is 4. The maximum absolute atomic E-state index is 14.0. The fraction of sp³-hybridized carbons (Fsp3) is 0.278. The van der Waals surface area contributed by atoms with Crippen molar-refractivity contribution in [1.29, 1.82) is 5.26 Å². The average Bonchev–Trinajstić information content (AvgIpc) is 2.65. The van der Waals surface area contributed by atoms with Gasteiger partial charge in [0.2, 0.25) is 5.91 Å². The minimum absolute atomic E-state index is 0.0192. The van der Waals surface area contributed by atoms with Crippen LogP contribution in [0.15, 0.2) is 18.3 Å². The van der Waals surface area contributed by atoms with Crippen molar-refractivity contribution in [1.82, 2.24) is 20.2 Å². The average molecular weight is 386 g/mol. The molecule has 2 N–H and O–H groups in total. The van der Waals surface area contributed by atoms with Gasteiger partial charge in [0.25, 0.3) is 0 Å². The summed E-state index contributed by atoms with van der Waals surface area (Å²) in [6.45, 7) is 2.76. The highest BCUT2D eigenvalue weighted by atomic mass is 19.2. The van der Waals surface area contributed by atoms with Gasteiger partial charge in [-0.15, -0.1) is 0 Å². The Balaban J connectivity index is 1.68. The molecule has 1 aliphatic heterocycles. The van der Waals surface area contributed by atoms with Crippen molar-refractivity contribution in [3.63, 3.8) is 0 Å². The van der Waals surface area contributed by atoms with E-state index in [-0.39, 0.29) is 30.0 Å². The summed E-state index contributed by atoms with van der Waals surface area (Å²) in [5.41, 5.74) is 1.30. The van der Waals surface area contributed by atoms with Gasteiger partial charge in [-0.2, -0.15) is 5.26 Å². The lowest BCUT2D eigenvalue weighted by Gasteiger charge is -2.29. The largest absolute Gasteiger partial charge is 0.346 e. The first-order chi connectivity index (χ1) is 13.3. The van der Waals surface area contributed by atoms with E-state index in [1.807, 2.05) is 6.07 Å². The molecule has 3 rings (SSSR count). The number of aryl methyl sites for hydroxylation is 1. The van der Waals surface area contributed by atoms with Crippen LogP contribution in [0.3, 0.4) is 0 Å². The third-order valence-electron chi connectivity index (χ3n) is 4.30. The van der Waals surface area contributed by atoms with Crippen LogP contribution >= 0.6 is 0 Å². The van der Waals surface area contributed by atoms with E-state index >= 15 is 0 Å². The SMILES string of the molecule is Cc1nc(C#N)cnc1C(C)NC(=O)CN1Cc2c(ccc(F)c2F)NC1=O. The fourth-order valence-electron chi connectivity index (χ4n) is 2.95. The van der Waals surface area contributed by atoms with Crippen LogP contribution in [-0.4, -0.2) is 33.4 Å². The molecule has 0 aliphatic carbocycles. The third-order valence-corrected chi connectivity index (χ3v) is 4.30. The number of hydrogen-bond acceptors (Lipinski definition) is 5. The minimum atomic E-state index is -1.06. The zero-order chi connectivity index (χ0) is 20.4. The summed E-state index contributed by atoms with van der Waals surface area (Å²) in [6.07, 6.45) is 1.30. The third kappa shape index (κ3) is 3.73. The predicted octanol–water partition coefficient (Wildman–Crippen LogP) is 2.16. The van der Waals surface area contributed by atoms with Crippen LogP contribution in [0.4, 0.5) is 19.3 Å². The Hall–Kier alpha value is -3.61. The Kier molecular flexibility index (Phi) is 5.17. The van der Waals surface area contributed by atoms with Crippen LogP contribution in [-0.2, 0) is 11.3 Å². The molecule has 1 aromatic heterocycles. The first kappa shape index (κ1) is 19.2. The van der Waals surface area contributed by atoms with E-state index in [2.05, 4.69) is 20.6 Å². The van der Waals surface area contributed by atoms with Gasteiger partial charge in [-0.05, 0) is 26.0 Å². The lowest BCUT2D eigenvalue weighted by Crippen LogP contribution is -2.45. The number of aromatic nitrogens is 2. The highest BCUT2D eigenvalue weighted by molar-refractivity contribution is 5.94. The molecule has 28 heavy (non-hydrogen) atoms. The number of anilines is 1. The number of benzene rings is 1. The number of nitriles is 1. The summed E-state index contributed by atoms with van der Waals surface area (Å²) in [5, 5.41) is 14.0. The van der Waals surface area contributed by atoms with Gasteiger partial charge in [0.15, 0.2) is 17.3 Å². The van der Waals surface area contributed by atoms with Crippen LogP contribution < -0.4 is 10.6 Å². The zero-order valence-electron chi connectivity index (χ0n) is 15.1. The number of amides is 3. The van der Waals surface area contributed by atoms with Gasteiger partial charge in [0, 0.05) is 5.56 Å². The summed E-state index contributed by atoms with van der Waals surface area (Å²) < 4.78 is 27.4. The second kappa shape index (κ2) is 7.56. The first-order valence-corrected chi connectivity index (χ1v) is 8.36. The summed E-state index contributed by atoms with van der Waals surface area (Å²) in [5.74, 6) is -2.59. The van der Waals surface area contributed by atoms with Gasteiger partial charge in [0.1, 0.15) is 12.6 Å². The summed E-state index contributed by atoms with van der Waals surface area (Å²) in [6, 6.07) is 2.97. The molecule has 8 nitrogen and oxygen atoms in total. The normalized spacial score (nSPS) is 14.0. The van der Waals surface area contributed by atoms with E-state index in [0.717, 1.165) is 11.0 Å². The van der Waals surface area contributed by atoms with Crippen LogP contribution in [0, 0.1) is 29.9 Å². The molecule has 1 aliphatic rings. The number of halogens is 2. The van der Waals surface area contributed by atoms with Gasteiger partial charge < -0.3 is 15.5 Å². The summed E-state index contributed by atoms with van der Waals surface area (Å²) in [4.78, 5) is 33.7. The van der Waals surface area contributed by atoms with E-state index in [0.29, 0.717) is 11.4 Å². The number of rotatable bonds is 4. The van der Waals surface area contributed by atoms with Crippen molar-refractivity contribution in [2.45, 2.75) is 26.4 Å². The van der Waals surface area contributed by atoms with Crippen molar-refractivity contribution < 1.29 is 18.4 Å². The number of nitrogens with one attached hydrogen (secondary N) is 2. The molecule has 144 valence electrons. The smallest absolute Gasteiger partial charge is 0.322 e. The molecular weight excluding hydrogens is 370 g/mol. The molecule has 1 atom stereocenters. The van der Waals surface area contributed by atoms with Crippen LogP contribution in [0.25, 0.3) is 0 Å². The number of hydrogen-bond donors (Lipinski definition) is 2. The zero-order valence-corrected chi connectivity index (χ0v) is 15.1. The molecule has 1 aromatic carbocycles. The van der Waals surface area contributed by atoms with Crippen molar-refractivity contribution in [2.75, 3.05) is 11.9 Å². The monoisotopic (exact) mass is 386 g/mol. The van der Waals surface area contributed by atoms with E-state index in [1.165, 1.54) is 12.3 Å². The Morgan fingerprint density at radius 3 is 2.89 bits per heavy atom. The number of fused-ring (bicyclic) bond motifs is 1. The van der Waals surface area contributed by atoms with Crippen molar-refractivity contribution >= 4 is 17.6 Å². The molecule has 2 heterocycles. The van der Waals surface area contributed by atoms with Crippen molar-refractivity contribution in [2.24, 2.45) is 0 Å².